The van der Waals surface area contributed by atoms with Crippen molar-refractivity contribution >= 4 is 5.97 Å². The van der Waals surface area contributed by atoms with E-state index in [1.807, 2.05) is 0 Å². The molecule has 0 saturated carbocycles. The maximum absolute atomic E-state index is 12.4. The summed E-state index contributed by atoms with van der Waals surface area (Å²) in [6.45, 7) is 1.47. The van der Waals surface area contributed by atoms with Crippen LogP contribution in [0.2, 0.25) is 0 Å². The second-order valence-electron chi connectivity index (χ2n) is 2.64. The highest BCUT2D eigenvalue weighted by Crippen LogP contribution is 2.26. The molecule has 0 amide bonds. The van der Waals surface area contributed by atoms with Crippen LogP contribution < -0.4 is 0 Å². The van der Waals surface area contributed by atoms with Gasteiger partial charge in [0.05, 0.1) is 5.56 Å². The second kappa shape index (κ2) is 3.51. The summed E-state index contributed by atoms with van der Waals surface area (Å²) in [4.78, 5) is 10.5. The van der Waals surface area contributed by atoms with Gasteiger partial charge in [0, 0.05) is 5.56 Å². The Hall–Kier alpha value is -1.45. The van der Waals surface area contributed by atoms with Crippen LogP contribution in [0.1, 0.15) is 27.9 Å². The van der Waals surface area contributed by atoms with E-state index in [-0.39, 0.29) is 5.56 Å². The van der Waals surface area contributed by atoms with E-state index < -0.39 is 18.0 Å². The van der Waals surface area contributed by atoms with E-state index in [1.165, 1.54) is 25.1 Å². The lowest BCUT2D eigenvalue weighted by Gasteiger charge is -2.07. The Bertz CT molecular complexity index is 334. The van der Waals surface area contributed by atoms with Crippen LogP contribution in [0.4, 0.5) is 8.78 Å². The van der Waals surface area contributed by atoms with E-state index in [0.717, 1.165) is 0 Å². The molecule has 2 nitrogen and oxygen atoms in total. The van der Waals surface area contributed by atoms with Crippen molar-refractivity contribution in [1.29, 1.82) is 0 Å². The maximum atomic E-state index is 12.4. The molecular formula is C9H8F2O2. The zero-order chi connectivity index (χ0) is 10.0. The van der Waals surface area contributed by atoms with Crippen molar-refractivity contribution in [3.05, 3.63) is 34.9 Å². The van der Waals surface area contributed by atoms with E-state index >= 15 is 0 Å². The Morgan fingerprint density at radius 1 is 1.46 bits per heavy atom. The SMILES string of the molecule is Cc1cccc(C(=O)O)c1C(F)F. The fourth-order valence-corrected chi connectivity index (χ4v) is 1.16. The lowest BCUT2D eigenvalue weighted by molar-refractivity contribution is 0.0684. The minimum absolute atomic E-state index is 0.301. The van der Waals surface area contributed by atoms with Crippen molar-refractivity contribution < 1.29 is 18.7 Å². The van der Waals surface area contributed by atoms with Gasteiger partial charge >= 0.3 is 5.97 Å². The quantitative estimate of drug-likeness (QED) is 0.770. The Morgan fingerprint density at radius 3 is 2.46 bits per heavy atom. The first kappa shape index (κ1) is 9.64. The third-order valence-corrected chi connectivity index (χ3v) is 1.77. The van der Waals surface area contributed by atoms with Gasteiger partial charge in [-0.1, -0.05) is 12.1 Å². The molecule has 70 valence electrons. The van der Waals surface area contributed by atoms with Gasteiger partial charge in [-0.15, -0.1) is 0 Å². The van der Waals surface area contributed by atoms with Gasteiger partial charge in [0.2, 0.25) is 0 Å². The van der Waals surface area contributed by atoms with E-state index in [0.29, 0.717) is 5.56 Å². The first-order valence-corrected chi connectivity index (χ1v) is 3.65. The number of aryl methyl sites for hydroxylation is 1. The molecule has 0 aliphatic heterocycles. The Morgan fingerprint density at radius 2 is 2.08 bits per heavy atom. The zero-order valence-electron chi connectivity index (χ0n) is 6.92. The summed E-state index contributed by atoms with van der Waals surface area (Å²) in [7, 11) is 0. The molecule has 0 heterocycles. The number of aromatic carboxylic acids is 1. The first-order valence-electron chi connectivity index (χ1n) is 3.65. The van der Waals surface area contributed by atoms with Crippen molar-refractivity contribution in [3.63, 3.8) is 0 Å². The van der Waals surface area contributed by atoms with Gasteiger partial charge in [0.15, 0.2) is 0 Å². The molecule has 0 spiro atoms. The minimum atomic E-state index is -2.74. The van der Waals surface area contributed by atoms with E-state index in [1.54, 1.807) is 0 Å². The van der Waals surface area contributed by atoms with Crippen molar-refractivity contribution in [1.82, 2.24) is 0 Å². The van der Waals surface area contributed by atoms with E-state index in [9.17, 15) is 13.6 Å². The van der Waals surface area contributed by atoms with Crippen molar-refractivity contribution in [2.45, 2.75) is 13.3 Å². The smallest absolute Gasteiger partial charge is 0.336 e. The van der Waals surface area contributed by atoms with Gasteiger partial charge in [0.1, 0.15) is 0 Å². The van der Waals surface area contributed by atoms with E-state index in [2.05, 4.69) is 0 Å². The summed E-state index contributed by atoms with van der Waals surface area (Å²) in [5.41, 5.74) is -0.417. The number of hydrogen-bond acceptors (Lipinski definition) is 1. The third kappa shape index (κ3) is 1.83. The fourth-order valence-electron chi connectivity index (χ4n) is 1.16. The number of carboxylic acids is 1. The Labute approximate surface area is 73.8 Å². The molecule has 1 aromatic carbocycles. The molecule has 0 fully saturated rings. The molecule has 1 aromatic rings. The van der Waals surface area contributed by atoms with Crippen LogP contribution in [-0.2, 0) is 0 Å². The summed E-state index contributed by atoms with van der Waals surface area (Å²) in [5, 5.41) is 8.61. The number of hydrogen-bond donors (Lipinski definition) is 1. The highest BCUT2D eigenvalue weighted by atomic mass is 19.3. The van der Waals surface area contributed by atoms with Crippen molar-refractivity contribution in [2.75, 3.05) is 0 Å². The van der Waals surface area contributed by atoms with Gasteiger partial charge in [-0.3, -0.25) is 0 Å². The van der Waals surface area contributed by atoms with Crippen LogP contribution in [0, 0.1) is 6.92 Å². The zero-order valence-corrected chi connectivity index (χ0v) is 6.92. The van der Waals surface area contributed by atoms with Crippen LogP contribution in [0.3, 0.4) is 0 Å². The largest absolute Gasteiger partial charge is 0.478 e. The standard InChI is InChI=1S/C9H8F2O2/c1-5-3-2-4-6(9(12)13)7(5)8(10)11/h2-4,8H,1H3,(H,12,13). The van der Waals surface area contributed by atoms with Crippen LogP contribution in [0.5, 0.6) is 0 Å². The molecular weight excluding hydrogens is 178 g/mol. The normalized spacial score (nSPS) is 10.5. The van der Waals surface area contributed by atoms with E-state index in [4.69, 9.17) is 5.11 Å². The molecule has 1 rings (SSSR count). The molecule has 4 heteroatoms. The van der Waals surface area contributed by atoms with Gasteiger partial charge in [0.25, 0.3) is 6.43 Å². The van der Waals surface area contributed by atoms with Gasteiger partial charge < -0.3 is 5.11 Å². The van der Waals surface area contributed by atoms with Crippen LogP contribution in [0.15, 0.2) is 18.2 Å². The lowest BCUT2D eigenvalue weighted by Crippen LogP contribution is -2.04. The number of carboxylic acid groups (broad SMARTS) is 1. The molecule has 0 radical (unpaired) electrons. The predicted octanol–water partition coefficient (Wildman–Crippen LogP) is 2.63. The topological polar surface area (TPSA) is 37.3 Å². The lowest BCUT2D eigenvalue weighted by atomic mass is 10.0. The summed E-state index contributed by atoms with van der Waals surface area (Å²) < 4.78 is 24.8. The first-order chi connectivity index (χ1) is 6.04. The van der Waals surface area contributed by atoms with Crippen molar-refractivity contribution in [2.24, 2.45) is 0 Å². The van der Waals surface area contributed by atoms with Gasteiger partial charge in [-0.25, -0.2) is 13.6 Å². The molecule has 0 atom stereocenters. The molecule has 0 unspecified atom stereocenters. The minimum Gasteiger partial charge on any atom is -0.478 e. The third-order valence-electron chi connectivity index (χ3n) is 1.77. The number of alkyl halides is 2. The Balaban J connectivity index is 3.34. The summed E-state index contributed by atoms with van der Waals surface area (Å²) in [6, 6.07) is 4.09. The summed E-state index contributed by atoms with van der Waals surface area (Å²) in [6.07, 6.45) is -2.74. The second-order valence-corrected chi connectivity index (χ2v) is 2.64. The molecule has 0 aliphatic rings. The van der Waals surface area contributed by atoms with Crippen LogP contribution >= 0.6 is 0 Å². The monoisotopic (exact) mass is 186 g/mol. The predicted molar refractivity (Wildman–Crippen MR) is 43.1 cm³/mol. The number of benzene rings is 1. The molecule has 13 heavy (non-hydrogen) atoms. The average Bonchev–Trinajstić information content (AvgIpc) is 2.02. The molecule has 0 bridgehead atoms. The highest BCUT2D eigenvalue weighted by Gasteiger charge is 2.19. The van der Waals surface area contributed by atoms with Gasteiger partial charge in [-0.2, -0.15) is 0 Å². The summed E-state index contributed by atoms with van der Waals surface area (Å²) >= 11 is 0. The Kier molecular flexibility index (Phi) is 2.60. The number of rotatable bonds is 2. The maximum Gasteiger partial charge on any atom is 0.336 e. The van der Waals surface area contributed by atoms with Crippen molar-refractivity contribution in [3.8, 4) is 0 Å². The molecule has 0 saturated heterocycles. The number of halogens is 2. The average molecular weight is 186 g/mol. The fraction of sp³-hybridized carbons (Fsp3) is 0.222. The number of carbonyl (C=O) groups is 1. The molecule has 0 aliphatic carbocycles. The molecule has 1 N–H and O–H groups in total. The van der Waals surface area contributed by atoms with Crippen LogP contribution in [-0.4, -0.2) is 11.1 Å². The molecule has 0 aromatic heterocycles. The highest BCUT2D eigenvalue weighted by molar-refractivity contribution is 5.89. The van der Waals surface area contributed by atoms with Crippen LogP contribution in [0.25, 0.3) is 0 Å². The summed E-state index contributed by atoms with van der Waals surface area (Å²) in [5.74, 6) is -1.32. The van der Waals surface area contributed by atoms with Gasteiger partial charge in [-0.05, 0) is 18.6 Å².